The van der Waals surface area contributed by atoms with Gasteiger partial charge in [-0.2, -0.15) is 0 Å². The van der Waals surface area contributed by atoms with E-state index in [-0.39, 0.29) is 0 Å². The summed E-state index contributed by atoms with van der Waals surface area (Å²) in [5.41, 5.74) is 0. The van der Waals surface area contributed by atoms with Gasteiger partial charge in [0.1, 0.15) is 0 Å². The Hall–Kier alpha value is 0.220. The fraction of sp³-hybridized carbons (Fsp3) is 0.778. The molecule has 0 nitrogen and oxygen atoms in total. The van der Waals surface area contributed by atoms with Gasteiger partial charge < -0.3 is 0 Å². The lowest BCUT2D eigenvalue weighted by molar-refractivity contribution is 0.576. The minimum absolute atomic E-state index is 0.742. The smallest absolute Gasteiger partial charge is 0.0226 e. The number of unbranched alkanes of at least 4 members (excludes halogenated alkanes) is 2. The molecule has 1 heteroatoms. The molecule has 0 aromatic rings. The largest absolute Gasteiger partial charge is 0.0748 e. The maximum absolute atomic E-state index is 3.28. The molecule has 10 heavy (non-hydrogen) atoms. The second kappa shape index (κ2) is 7.33. The topological polar surface area (TPSA) is 0 Å². The van der Waals surface area contributed by atoms with E-state index in [2.05, 4.69) is 35.9 Å². The maximum Gasteiger partial charge on any atom is -0.0226 e. The molecule has 1 unspecified atom stereocenters. The van der Waals surface area contributed by atoms with Gasteiger partial charge in [-0.15, -0.1) is 0 Å². The van der Waals surface area contributed by atoms with Gasteiger partial charge in [0.05, 0.1) is 0 Å². The third-order valence-electron chi connectivity index (χ3n) is 1.66. The molecule has 60 valence electrons. The minimum Gasteiger partial charge on any atom is -0.0748 e. The molecule has 0 amide bonds. The Balaban J connectivity index is 3.13. The third kappa shape index (κ3) is 6.34. The Kier molecular flexibility index (Phi) is 7.49. The van der Waals surface area contributed by atoms with Crippen molar-refractivity contribution in [1.82, 2.24) is 0 Å². The zero-order valence-corrected chi connectivity index (χ0v) is 8.52. The van der Waals surface area contributed by atoms with Crippen LogP contribution in [0.25, 0.3) is 0 Å². The van der Waals surface area contributed by atoms with Crippen molar-refractivity contribution in [3.63, 3.8) is 0 Å². The summed E-state index contributed by atoms with van der Waals surface area (Å²) in [4.78, 5) is 1.96. The molecule has 0 saturated carbocycles. The third-order valence-corrected chi connectivity index (χ3v) is 1.97. The number of rotatable bonds is 5. The van der Waals surface area contributed by atoms with Crippen LogP contribution in [0.1, 0.15) is 39.5 Å². The zero-order valence-electron chi connectivity index (χ0n) is 6.94. The highest BCUT2D eigenvalue weighted by Gasteiger charge is 1.94. The van der Waals surface area contributed by atoms with E-state index in [1.807, 2.05) is 4.99 Å². The Morgan fingerprint density at radius 3 is 2.60 bits per heavy atom. The average Bonchev–Trinajstić information content (AvgIpc) is 1.89. The first-order valence-electron chi connectivity index (χ1n) is 4.08. The Morgan fingerprint density at radius 1 is 1.40 bits per heavy atom. The summed E-state index contributed by atoms with van der Waals surface area (Å²) >= 11 is 3.28. The summed E-state index contributed by atoms with van der Waals surface area (Å²) in [6, 6.07) is 0. The minimum atomic E-state index is 0.742. The highest BCUT2D eigenvalue weighted by Crippen LogP contribution is 2.10. The second-order valence-corrected chi connectivity index (χ2v) is 3.32. The normalized spacial score (nSPS) is 14.3. The molecule has 0 aromatic heterocycles. The molecule has 0 heterocycles. The van der Waals surface area contributed by atoms with Gasteiger partial charge in [-0.1, -0.05) is 55.1 Å². The molecule has 0 bridgehead atoms. The first-order chi connectivity index (χ1) is 4.81. The van der Waals surface area contributed by atoms with Gasteiger partial charge in [-0.3, -0.25) is 0 Å². The molecule has 0 aliphatic rings. The van der Waals surface area contributed by atoms with Crippen LogP contribution >= 0.6 is 15.9 Å². The van der Waals surface area contributed by atoms with Crippen molar-refractivity contribution in [3.8, 4) is 0 Å². The quantitative estimate of drug-likeness (QED) is 0.592. The number of halogens is 1. The number of allylic oxidation sites excluding steroid dienone is 1. The lowest BCUT2D eigenvalue weighted by Crippen LogP contribution is -1.88. The highest BCUT2D eigenvalue weighted by atomic mass is 79.9. The van der Waals surface area contributed by atoms with Crippen LogP contribution < -0.4 is 0 Å². The van der Waals surface area contributed by atoms with Gasteiger partial charge in [0, 0.05) is 0 Å². The molecule has 0 aliphatic heterocycles. The van der Waals surface area contributed by atoms with Crippen LogP contribution in [-0.2, 0) is 0 Å². The molecular formula is C9H17Br. The molecule has 0 fully saturated rings. The summed E-state index contributed by atoms with van der Waals surface area (Å²) < 4.78 is 0. The standard InChI is InChI=1S/C9H17Br/c1-3-4-5-6-9(2)7-8-10/h7-9H,3-6H2,1-2H3. The van der Waals surface area contributed by atoms with Crippen molar-refractivity contribution in [3.05, 3.63) is 11.1 Å². The molecular weight excluding hydrogens is 188 g/mol. The van der Waals surface area contributed by atoms with Gasteiger partial charge >= 0.3 is 0 Å². The maximum atomic E-state index is 3.28. The fourth-order valence-corrected chi connectivity index (χ4v) is 1.46. The van der Waals surface area contributed by atoms with E-state index in [4.69, 9.17) is 0 Å². The molecule has 0 radical (unpaired) electrons. The molecule has 0 saturated heterocycles. The summed E-state index contributed by atoms with van der Waals surface area (Å²) in [5.74, 6) is 0.742. The molecule has 0 aliphatic carbocycles. The Bertz CT molecular complexity index is 86.7. The number of hydrogen-bond acceptors (Lipinski definition) is 0. The molecule has 0 spiro atoms. The van der Waals surface area contributed by atoms with Crippen molar-refractivity contribution in [2.24, 2.45) is 5.92 Å². The van der Waals surface area contributed by atoms with Crippen LogP contribution in [0, 0.1) is 5.92 Å². The Labute approximate surface area is 72.8 Å². The van der Waals surface area contributed by atoms with E-state index in [9.17, 15) is 0 Å². The fourth-order valence-electron chi connectivity index (χ4n) is 0.937. The van der Waals surface area contributed by atoms with Crippen molar-refractivity contribution >= 4 is 15.9 Å². The highest BCUT2D eigenvalue weighted by molar-refractivity contribution is 9.11. The van der Waals surface area contributed by atoms with Crippen LogP contribution in [0.4, 0.5) is 0 Å². The summed E-state index contributed by atoms with van der Waals surface area (Å²) in [7, 11) is 0. The SMILES string of the molecule is CCCCCC(C)C=CBr. The van der Waals surface area contributed by atoms with Crippen LogP contribution in [0.3, 0.4) is 0 Å². The predicted molar refractivity (Wildman–Crippen MR) is 51.4 cm³/mol. The molecule has 0 N–H and O–H groups in total. The van der Waals surface area contributed by atoms with E-state index >= 15 is 0 Å². The Morgan fingerprint density at radius 2 is 2.10 bits per heavy atom. The average molecular weight is 205 g/mol. The molecule has 1 atom stereocenters. The summed E-state index contributed by atoms with van der Waals surface area (Å²) in [6.45, 7) is 4.50. The lowest BCUT2D eigenvalue weighted by atomic mass is 10.0. The van der Waals surface area contributed by atoms with Crippen molar-refractivity contribution < 1.29 is 0 Å². The molecule has 0 aromatic carbocycles. The van der Waals surface area contributed by atoms with E-state index in [0.29, 0.717) is 0 Å². The lowest BCUT2D eigenvalue weighted by Gasteiger charge is -2.03. The van der Waals surface area contributed by atoms with Crippen LogP contribution in [-0.4, -0.2) is 0 Å². The second-order valence-electron chi connectivity index (χ2n) is 2.79. The number of hydrogen-bond donors (Lipinski definition) is 0. The van der Waals surface area contributed by atoms with E-state index in [1.165, 1.54) is 25.7 Å². The predicted octanol–water partition coefficient (Wildman–Crippen LogP) is 4.11. The van der Waals surface area contributed by atoms with Gasteiger partial charge in [0.2, 0.25) is 0 Å². The van der Waals surface area contributed by atoms with Crippen molar-refractivity contribution in [2.45, 2.75) is 39.5 Å². The van der Waals surface area contributed by atoms with E-state index in [0.717, 1.165) is 5.92 Å². The van der Waals surface area contributed by atoms with E-state index in [1.54, 1.807) is 0 Å². The van der Waals surface area contributed by atoms with Gasteiger partial charge in [0.25, 0.3) is 0 Å². The van der Waals surface area contributed by atoms with Crippen molar-refractivity contribution in [2.75, 3.05) is 0 Å². The van der Waals surface area contributed by atoms with Gasteiger partial charge in [-0.25, -0.2) is 0 Å². The van der Waals surface area contributed by atoms with Crippen LogP contribution in [0.2, 0.25) is 0 Å². The van der Waals surface area contributed by atoms with Crippen molar-refractivity contribution in [1.29, 1.82) is 0 Å². The first kappa shape index (κ1) is 10.2. The zero-order chi connectivity index (χ0) is 7.82. The van der Waals surface area contributed by atoms with Crippen LogP contribution in [0.5, 0.6) is 0 Å². The van der Waals surface area contributed by atoms with Gasteiger partial charge in [0.15, 0.2) is 0 Å². The first-order valence-corrected chi connectivity index (χ1v) is 4.99. The van der Waals surface area contributed by atoms with E-state index < -0.39 is 0 Å². The summed E-state index contributed by atoms with van der Waals surface area (Å²) in [5, 5.41) is 0. The molecule has 0 rings (SSSR count). The summed E-state index contributed by atoms with van der Waals surface area (Å²) in [6.07, 6.45) is 7.60. The monoisotopic (exact) mass is 204 g/mol. The van der Waals surface area contributed by atoms with Gasteiger partial charge in [-0.05, 0) is 17.3 Å². The van der Waals surface area contributed by atoms with Crippen LogP contribution in [0.15, 0.2) is 11.1 Å².